The van der Waals surface area contributed by atoms with Crippen molar-refractivity contribution in [1.82, 2.24) is 9.80 Å². The van der Waals surface area contributed by atoms with E-state index in [1.807, 2.05) is 24.3 Å². The van der Waals surface area contributed by atoms with Gasteiger partial charge in [0.2, 0.25) is 11.8 Å². The maximum atomic E-state index is 12.1. The molecule has 2 aliphatic rings. The summed E-state index contributed by atoms with van der Waals surface area (Å²) in [6, 6.07) is 7.48. The lowest BCUT2D eigenvalue weighted by atomic mass is 10.1. The Bertz CT molecular complexity index is 520. The van der Waals surface area contributed by atoms with Crippen LogP contribution in [0, 0.1) is 0 Å². The van der Waals surface area contributed by atoms with E-state index in [1.54, 1.807) is 9.80 Å². The molecule has 0 radical (unpaired) electrons. The van der Waals surface area contributed by atoms with E-state index >= 15 is 0 Å². The van der Waals surface area contributed by atoms with Crippen molar-refractivity contribution >= 4 is 23.4 Å². The molecule has 0 aliphatic carbocycles. The molecule has 2 saturated heterocycles. The first-order valence-electron chi connectivity index (χ1n) is 7.02. The number of hydrogen-bond donors (Lipinski definition) is 0. The molecule has 2 amide bonds. The van der Waals surface area contributed by atoms with E-state index < -0.39 is 0 Å². The van der Waals surface area contributed by atoms with Gasteiger partial charge in [0.15, 0.2) is 0 Å². The normalized spacial score (nSPS) is 19.5. The molecule has 0 bridgehead atoms. The Morgan fingerprint density at radius 2 is 1.50 bits per heavy atom. The molecular weight excluding hydrogens is 276 g/mol. The van der Waals surface area contributed by atoms with Gasteiger partial charge >= 0.3 is 0 Å². The van der Waals surface area contributed by atoms with Crippen LogP contribution in [0.4, 0.5) is 0 Å². The maximum Gasteiger partial charge on any atom is 0.224 e. The summed E-state index contributed by atoms with van der Waals surface area (Å²) in [5.74, 6) is 0.212. The minimum absolute atomic E-state index is 0.106. The van der Waals surface area contributed by atoms with Gasteiger partial charge in [-0.3, -0.25) is 9.59 Å². The molecule has 3 rings (SSSR count). The molecule has 2 fully saturated rings. The minimum Gasteiger partial charge on any atom is -0.318 e. The van der Waals surface area contributed by atoms with Gasteiger partial charge in [-0.25, -0.2) is 0 Å². The van der Waals surface area contributed by atoms with Crippen LogP contribution in [0.15, 0.2) is 24.3 Å². The number of nitrogens with zero attached hydrogens (tertiary/aromatic N) is 2. The van der Waals surface area contributed by atoms with Crippen LogP contribution in [0.5, 0.6) is 0 Å². The predicted molar refractivity (Wildman–Crippen MR) is 76.1 cm³/mol. The van der Waals surface area contributed by atoms with Gasteiger partial charge in [0.05, 0.1) is 0 Å². The highest BCUT2D eigenvalue weighted by Gasteiger charge is 2.38. The summed E-state index contributed by atoms with van der Waals surface area (Å²) in [5, 5.41) is 0.608. The monoisotopic (exact) mass is 292 g/mol. The van der Waals surface area contributed by atoms with Crippen LogP contribution in [0.25, 0.3) is 0 Å². The lowest BCUT2D eigenvalue weighted by molar-refractivity contribution is -0.140. The number of rotatable bonds is 3. The summed E-state index contributed by atoms with van der Waals surface area (Å²) in [4.78, 5) is 27.8. The third-order valence-electron chi connectivity index (χ3n) is 3.99. The van der Waals surface area contributed by atoms with Crippen molar-refractivity contribution < 1.29 is 9.59 Å². The second-order valence-electron chi connectivity index (χ2n) is 5.28. The van der Waals surface area contributed by atoms with Crippen molar-refractivity contribution in [2.45, 2.75) is 31.8 Å². The van der Waals surface area contributed by atoms with E-state index in [0.29, 0.717) is 31.0 Å². The highest BCUT2D eigenvalue weighted by Crippen LogP contribution is 2.35. The van der Waals surface area contributed by atoms with Crippen molar-refractivity contribution in [3.05, 3.63) is 34.9 Å². The van der Waals surface area contributed by atoms with Gasteiger partial charge in [-0.05, 0) is 18.9 Å². The fourth-order valence-corrected chi connectivity index (χ4v) is 3.28. The average Bonchev–Trinajstić information content (AvgIpc) is 3.03. The first kappa shape index (κ1) is 13.4. The fraction of sp³-hybridized carbons (Fsp3) is 0.467. The van der Waals surface area contributed by atoms with Crippen molar-refractivity contribution in [3.63, 3.8) is 0 Å². The van der Waals surface area contributed by atoms with Crippen molar-refractivity contribution in [3.8, 4) is 0 Å². The zero-order chi connectivity index (χ0) is 14.1. The quantitative estimate of drug-likeness (QED) is 0.859. The van der Waals surface area contributed by atoms with Crippen molar-refractivity contribution in [1.29, 1.82) is 0 Å². The van der Waals surface area contributed by atoms with Crippen molar-refractivity contribution in [2.75, 3.05) is 13.1 Å². The summed E-state index contributed by atoms with van der Waals surface area (Å²) < 4.78 is 0. The molecule has 4 nitrogen and oxygen atoms in total. The highest BCUT2D eigenvalue weighted by molar-refractivity contribution is 6.31. The topological polar surface area (TPSA) is 40.6 Å². The predicted octanol–water partition coefficient (Wildman–Crippen LogP) is 2.58. The largest absolute Gasteiger partial charge is 0.318 e. The Hall–Kier alpha value is -1.55. The van der Waals surface area contributed by atoms with Crippen LogP contribution in [0.2, 0.25) is 5.02 Å². The highest BCUT2D eigenvalue weighted by atomic mass is 35.5. The Kier molecular flexibility index (Phi) is 3.66. The summed E-state index contributed by atoms with van der Waals surface area (Å²) in [7, 11) is 0. The summed E-state index contributed by atoms with van der Waals surface area (Å²) >= 11 is 6.30. The van der Waals surface area contributed by atoms with Gasteiger partial charge in [-0.15, -0.1) is 0 Å². The van der Waals surface area contributed by atoms with Crippen LogP contribution in [0.1, 0.15) is 37.4 Å². The minimum atomic E-state index is -0.339. The lowest BCUT2D eigenvalue weighted by Gasteiger charge is -2.36. The van der Waals surface area contributed by atoms with Crippen LogP contribution >= 0.6 is 11.6 Å². The number of carbonyl (C=O) groups excluding carboxylic acids is 2. The van der Waals surface area contributed by atoms with E-state index in [-0.39, 0.29) is 18.0 Å². The fourth-order valence-electron chi connectivity index (χ4n) is 3.04. The van der Waals surface area contributed by atoms with Gasteiger partial charge in [0.25, 0.3) is 0 Å². The molecule has 0 unspecified atom stereocenters. The number of likely N-dealkylation sites (tertiary alicyclic amines) is 2. The Balaban J connectivity index is 2.01. The molecule has 0 N–H and O–H groups in total. The SMILES string of the molecule is O=C1CCCN1C(c1ccccc1Cl)N1CCCC1=O. The second kappa shape index (κ2) is 5.44. The second-order valence-corrected chi connectivity index (χ2v) is 5.68. The Morgan fingerprint density at radius 3 is 1.95 bits per heavy atom. The van der Waals surface area contributed by atoms with E-state index in [9.17, 15) is 9.59 Å². The van der Waals surface area contributed by atoms with Crippen LogP contribution in [0.3, 0.4) is 0 Å². The third-order valence-corrected chi connectivity index (χ3v) is 4.34. The Labute approximate surface area is 123 Å². The van der Waals surface area contributed by atoms with E-state index in [4.69, 9.17) is 11.6 Å². The molecule has 0 spiro atoms. The van der Waals surface area contributed by atoms with E-state index in [0.717, 1.165) is 18.4 Å². The zero-order valence-electron chi connectivity index (χ0n) is 11.2. The lowest BCUT2D eigenvalue weighted by Crippen LogP contribution is -2.43. The molecule has 0 atom stereocenters. The van der Waals surface area contributed by atoms with Crippen LogP contribution in [-0.4, -0.2) is 34.7 Å². The number of benzene rings is 1. The van der Waals surface area contributed by atoms with Gasteiger partial charge in [0, 0.05) is 36.5 Å². The molecule has 2 aliphatic heterocycles. The molecule has 20 heavy (non-hydrogen) atoms. The first-order chi connectivity index (χ1) is 9.68. The third kappa shape index (κ3) is 2.29. The standard InChI is InChI=1S/C15H17ClN2O2/c16-12-6-2-1-5-11(12)15(17-9-3-7-13(17)19)18-10-4-8-14(18)20/h1-2,5-6,15H,3-4,7-10H2. The smallest absolute Gasteiger partial charge is 0.224 e. The molecule has 2 heterocycles. The van der Waals surface area contributed by atoms with Crippen LogP contribution in [-0.2, 0) is 9.59 Å². The maximum absolute atomic E-state index is 12.1. The average molecular weight is 293 g/mol. The van der Waals surface area contributed by atoms with Gasteiger partial charge < -0.3 is 9.80 Å². The van der Waals surface area contributed by atoms with Crippen molar-refractivity contribution in [2.24, 2.45) is 0 Å². The van der Waals surface area contributed by atoms with E-state index in [2.05, 4.69) is 0 Å². The molecule has 0 saturated carbocycles. The zero-order valence-corrected chi connectivity index (χ0v) is 12.0. The summed E-state index contributed by atoms with van der Waals surface area (Å²) in [6.07, 6.45) is 2.48. The van der Waals surface area contributed by atoms with Gasteiger partial charge in [0.1, 0.15) is 6.17 Å². The first-order valence-corrected chi connectivity index (χ1v) is 7.39. The Morgan fingerprint density at radius 1 is 0.950 bits per heavy atom. The number of amides is 2. The molecule has 1 aromatic rings. The molecule has 1 aromatic carbocycles. The molecular formula is C15H17ClN2O2. The van der Waals surface area contributed by atoms with Crippen LogP contribution < -0.4 is 0 Å². The number of carbonyl (C=O) groups is 2. The number of halogens is 1. The summed E-state index contributed by atoms with van der Waals surface area (Å²) in [6.45, 7) is 1.39. The van der Waals surface area contributed by atoms with Gasteiger partial charge in [-0.2, -0.15) is 0 Å². The summed E-state index contributed by atoms with van der Waals surface area (Å²) in [5.41, 5.74) is 0.847. The molecule has 5 heteroatoms. The molecule has 0 aromatic heterocycles. The number of hydrogen-bond acceptors (Lipinski definition) is 2. The van der Waals surface area contributed by atoms with E-state index in [1.165, 1.54) is 0 Å². The van der Waals surface area contributed by atoms with Gasteiger partial charge in [-0.1, -0.05) is 29.8 Å². The molecule has 106 valence electrons.